The van der Waals surface area contributed by atoms with E-state index in [2.05, 4.69) is 31.5 Å². The van der Waals surface area contributed by atoms with Crippen LogP contribution < -0.4 is 10.6 Å². The average Bonchev–Trinajstić information content (AvgIpc) is 2.90. The summed E-state index contributed by atoms with van der Waals surface area (Å²) in [5.74, 6) is 0.0603. The molecular formula is C14H22BrN3OS. The van der Waals surface area contributed by atoms with Crippen LogP contribution in [0.15, 0.2) is 15.9 Å². The Kier molecular flexibility index (Phi) is 6.48. The summed E-state index contributed by atoms with van der Waals surface area (Å²) < 4.78 is 1.07. The predicted molar refractivity (Wildman–Crippen MR) is 87.4 cm³/mol. The molecule has 1 aromatic rings. The van der Waals surface area contributed by atoms with E-state index in [9.17, 15) is 4.79 Å². The van der Waals surface area contributed by atoms with Gasteiger partial charge in [-0.2, -0.15) is 0 Å². The molecule has 2 N–H and O–H groups in total. The Balaban J connectivity index is 1.64. The minimum absolute atomic E-state index is 0.0644. The van der Waals surface area contributed by atoms with Gasteiger partial charge in [-0.1, -0.05) is 0 Å². The Labute approximate surface area is 133 Å². The van der Waals surface area contributed by atoms with Crippen molar-refractivity contribution in [2.24, 2.45) is 0 Å². The molecule has 2 rings (SSSR count). The van der Waals surface area contributed by atoms with E-state index in [1.807, 2.05) is 19.1 Å². The summed E-state index contributed by atoms with van der Waals surface area (Å²) >= 11 is 5.06. The van der Waals surface area contributed by atoms with Crippen LogP contribution in [0.3, 0.4) is 0 Å². The average molecular weight is 360 g/mol. The number of nitrogens with one attached hydrogen (secondary N) is 2. The lowest BCUT2D eigenvalue weighted by atomic mass is 10.1. The Morgan fingerprint density at radius 1 is 1.50 bits per heavy atom. The van der Waals surface area contributed by atoms with Gasteiger partial charge in [0.2, 0.25) is 5.91 Å². The van der Waals surface area contributed by atoms with Gasteiger partial charge in [-0.15, -0.1) is 11.3 Å². The van der Waals surface area contributed by atoms with Crippen LogP contribution in [0.4, 0.5) is 0 Å². The van der Waals surface area contributed by atoms with Crippen molar-refractivity contribution >= 4 is 33.2 Å². The number of halogens is 1. The summed E-state index contributed by atoms with van der Waals surface area (Å²) in [5, 5.41) is 6.38. The molecule has 0 spiro atoms. The van der Waals surface area contributed by atoms with Crippen molar-refractivity contribution < 1.29 is 4.79 Å². The molecule has 4 nitrogen and oxygen atoms in total. The molecule has 112 valence electrons. The fourth-order valence-electron chi connectivity index (χ4n) is 2.29. The van der Waals surface area contributed by atoms with Gasteiger partial charge in [0, 0.05) is 37.6 Å². The second-order valence-electron chi connectivity index (χ2n) is 5.10. The summed E-state index contributed by atoms with van der Waals surface area (Å²) in [4.78, 5) is 15.6. The van der Waals surface area contributed by atoms with Crippen molar-refractivity contribution in [3.8, 4) is 0 Å². The van der Waals surface area contributed by atoms with E-state index in [1.165, 1.54) is 0 Å². The summed E-state index contributed by atoms with van der Waals surface area (Å²) in [7, 11) is 0. The zero-order chi connectivity index (χ0) is 14.4. The van der Waals surface area contributed by atoms with Crippen LogP contribution in [-0.2, 0) is 4.79 Å². The van der Waals surface area contributed by atoms with Gasteiger partial charge in [-0.05, 0) is 48.0 Å². The summed E-state index contributed by atoms with van der Waals surface area (Å²) in [6.07, 6.45) is 1.02. The molecule has 0 radical (unpaired) electrons. The molecule has 2 heterocycles. The van der Waals surface area contributed by atoms with Gasteiger partial charge in [0.25, 0.3) is 0 Å². The number of piperazine rings is 1. The van der Waals surface area contributed by atoms with Crippen LogP contribution in [0.25, 0.3) is 0 Å². The lowest BCUT2D eigenvalue weighted by Crippen LogP contribution is -2.44. The van der Waals surface area contributed by atoms with E-state index in [0.717, 1.165) is 54.4 Å². The van der Waals surface area contributed by atoms with Crippen LogP contribution in [-0.4, -0.2) is 50.1 Å². The highest BCUT2D eigenvalue weighted by Crippen LogP contribution is 2.28. The van der Waals surface area contributed by atoms with Crippen molar-refractivity contribution in [2.45, 2.75) is 19.3 Å². The van der Waals surface area contributed by atoms with Crippen molar-refractivity contribution in [3.63, 3.8) is 0 Å². The smallest absolute Gasteiger partial charge is 0.228 e. The van der Waals surface area contributed by atoms with Crippen molar-refractivity contribution in [1.29, 1.82) is 0 Å². The lowest BCUT2D eigenvalue weighted by Gasteiger charge is -2.27. The van der Waals surface area contributed by atoms with E-state index in [0.29, 0.717) is 0 Å². The monoisotopic (exact) mass is 359 g/mol. The third kappa shape index (κ3) is 4.84. The van der Waals surface area contributed by atoms with Crippen LogP contribution in [0, 0.1) is 0 Å². The first-order valence-electron chi connectivity index (χ1n) is 7.13. The van der Waals surface area contributed by atoms with Crippen LogP contribution in [0.2, 0.25) is 0 Å². The number of thiophene rings is 1. The predicted octanol–water partition coefficient (Wildman–Crippen LogP) is 2.03. The minimum atomic E-state index is -0.0644. The van der Waals surface area contributed by atoms with Crippen molar-refractivity contribution in [1.82, 2.24) is 15.5 Å². The molecule has 0 saturated carbocycles. The fourth-order valence-corrected chi connectivity index (χ4v) is 3.77. The first-order valence-corrected chi connectivity index (χ1v) is 8.74. The summed E-state index contributed by atoms with van der Waals surface area (Å²) in [6, 6.07) is 4.01. The zero-order valence-corrected chi connectivity index (χ0v) is 14.2. The molecule has 0 bridgehead atoms. The Morgan fingerprint density at radius 2 is 2.25 bits per heavy atom. The molecule has 1 aliphatic rings. The van der Waals surface area contributed by atoms with E-state index in [-0.39, 0.29) is 11.8 Å². The molecule has 1 unspecified atom stereocenters. The molecule has 1 fully saturated rings. The molecule has 0 aromatic carbocycles. The normalized spacial score (nSPS) is 17.9. The van der Waals surface area contributed by atoms with E-state index >= 15 is 0 Å². The standard InChI is InChI=1S/C14H22BrN3OS/c1-11(12-3-4-13(15)20-12)14(19)17-5-2-8-18-9-6-16-7-10-18/h3-4,11,16H,2,5-10H2,1H3,(H,17,19). The molecule has 6 heteroatoms. The fraction of sp³-hybridized carbons (Fsp3) is 0.643. The number of amides is 1. The molecule has 1 aliphatic heterocycles. The quantitative estimate of drug-likeness (QED) is 0.763. The van der Waals surface area contributed by atoms with Gasteiger partial charge in [0.05, 0.1) is 9.70 Å². The summed E-state index contributed by atoms with van der Waals surface area (Å²) in [6.45, 7) is 8.19. The highest BCUT2D eigenvalue weighted by atomic mass is 79.9. The van der Waals surface area contributed by atoms with Gasteiger partial charge < -0.3 is 15.5 Å². The van der Waals surface area contributed by atoms with Crippen LogP contribution in [0.5, 0.6) is 0 Å². The van der Waals surface area contributed by atoms with Gasteiger partial charge in [0.15, 0.2) is 0 Å². The number of rotatable bonds is 6. The topological polar surface area (TPSA) is 44.4 Å². The molecule has 1 amide bonds. The first-order chi connectivity index (χ1) is 9.66. The molecule has 20 heavy (non-hydrogen) atoms. The van der Waals surface area contributed by atoms with E-state index in [1.54, 1.807) is 11.3 Å². The zero-order valence-electron chi connectivity index (χ0n) is 11.8. The van der Waals surface area contributed by atoms with Gasteiger partial charge >= 0.3 is 0 Å². The Bertz CT molecular complexity index is 432. The molecule has 0 aliphatic carbocycles. The molecule has 1 aromatic heterocycles. The Morgan fingerprint density at radius 3 is 2.90 bits per heavy atom. The third-order valence-corrected chi connectivity index (χ3v) is 5.38. The Hall–Kier alpha value is -0.430. The van der Waals surface area contributed by atoms with E-state index in [4.69, 9.17) is 0 Å². The van der Waals surface area contributed by atoms with Crippen LogP contribution >= 0.6 is 27.3 Å². The maximum Gasteiger partial charge on any atom is 0.228 e. The number of nitrogens with zero attached hydrogens (tertiary/aromatic N) is 1. The highest BCUT2D eigenvalue weighted by Gasteiger charge is 2.16. The second kappa shape index (κ2) is 8.12. The lowest BCUT2D eigenvalue weighted by molar-refractivity contribution is -0.122. The number of hydrogen-bond donors (Lipinski definition) is 2. The van der Waals surface area contributed by atoms with Crippen LogP contribution in [0.1, 0.15) is 24.1 Å². The maximum absolute atomic E-state index is 12.1. The molecular weight excluding hydrogens is 338 g/mol. The SMILES string of the molecule is CC(C(=O)NCCCN1CCNCC1)c1ccc(Br)s1. The van der Waals surface area contributed by atoms with E-state index < -0.39 is 0 Å². The van der Waals surface area contributed by atoms with Gasteiger partial charge in [-0.3, -0.25) is 4.79 Å². The number of carbonyl (C=O) groups is 1. The van der Waals surface area contributed by atoms with Gasteiger partial charge in [0.1, 0.15) is 0 Å². The maximum atomic E-state index is 12.1. The molecule has 1 atom stereocenters. The minimum Gasteiger partial charge on any atom is -0.356 e. The molecule has 1 saturated heterocycles. The number of hydrogen-bond acceptors (Lipinski definition) is 4. The summed E-state index contributed by atoms with van der Waals surface area (Å²) in [5.41, 5.74) is 0. The first kappa shape index (κ1) is 15.9. The van der Waals surface area contributed by atoms with Crippen molar-refractivity contribution in [2.75, 3.05) is 39.3 Å². The largest absolute Gasteiger partial charge is 0.356 e. The highest BCUT2D eigenvalue weighted by molar-refractivity contribution is 9.11. The second-order valence-corrected chi connectivity index (χ2v) is 7.59. The number of carbonyl (C=O) groups excluding carboxylic acids is 1. The van der Waals surface area contributed by atoms with Gasteiger partial charge in [-0.25, -0.2) is 0 Å². The third-order valence-electron chi connectivity index (χ3n) is 3.57. The van der Waals surface area contributed by atoms with Crippen molar-refractivity contribution in [3.05, 3.63) is 20.8 Å².